The highest BCUT2D eigenvalue weighted by Gasteiger charge is 2.27. The predicted octanol–water partition coefficient (Wildman–Crippen LogP) is 2.09. The van der Waals surface area contributed by atoms with E-state index in [1.54, 1.807) is 11.8 Å². The van der Waals surface area contributed by atoms with Crippen LogP contribution in [0.25, 0.3) is 5.65 Å². The van der Waals surface area contributed by atoms with Crippen molar-refractivity contribution in [1.29, 1.82) is 0 Å². The van der Waals surface area contributed by atoms with Crippen LogP contribution in [0.15, 0.2) is 24.5 Å². The number of likely N-dealkylation sites (tertiary alicyclic amines) is 1. The van der Waals surface area contributed by atoms with Gasteiger partial charge in [0.05, 0.1) is 11.4 Å². The van der Waals surface area contributed by atoms with Crippen LogP contribution in [-0.4, -0.2) is 52.1 Å². The van der Waals surface area contributed by atoms with Crippen LogP contribution in [-0.2, 0) is 10.5 Å². The Morgan fingerprint density at radius 3 is 3.13 bits per heavy atom. The first kappa shape index (κ1) is 16.3. The minimum Gasteiger partial charge on any atom is -0.338 e. The number of likely N-dealkylation sites (N-methyl/N-ethyl adjacent to an activating group) is 1. The SMILES string of the molecule is CNCC1CCCN1C(=O)CSCc1cn2cc(C)ccc2n1. The van der Waals surface area contributed by atoms with E-state index in [-0.39, 0.29) is 5.91 Å². The van der Waals surface area contributed by atoms with Crippen molar-refractivity contribution < 1.29 is 4.79 Å². The summed E-state index contributed by atoms with van der Waals surface area (Å²) in [7, 11) is 1.95. The number of pyridine rings is 1. The van der Waals surface area contributed by atoms with Gasteiger partial charge in [0, 0.05) is 37.3 Å². The molecule has 0 spiro atoms. The Balaban J connectivity index is 1.52. The molecule has 1 atom stereocenters. The number of amides is 1. The van der Waals surface area contributed by atoms with Gasteiger partial charge in [-0.3, -0.25) is 4.79 Å². The molecular weight excluding hydrogens is 308 g/mol. The minimum absolute atomic E-state index is 0.257. The molecule has 0 aromatic carbocycles. The van der Waals surface area contributed by atoms with E-state index >= 15 is 0 Å². The molecule has 3 heterocycles. The van der Waals surface area contributed by atoms with Crippen LogP contribution in [0.5, 0.6) is 0 Å². The summed E-state index contributed by atoms with van der Waals surface area (Å²) in [6, 6.07) is 4.46. The highest BCUT2D eigenvalue weighted by Crippen LogP contribution is 2.19. The van der Waals surface area contributed by atoms with Gasteiger partial charge in [-0.05, 0) is 38.4 Å². The summed E-state index contributed by atoms with van der Waals surface area (Å²) in [4.78, 5) is 19.0. The summed E-state index contributed by atoms with van der Waals surface area (Å²) in [5, 5.41) is 3.18. The van der Waals surface area contributed by atoms with Crippen LogP contribution >= 0.6 is 11.8 Å². The molecule has 1 aliphatic rings. The number of nitrogens with zero attached hydrogens (tertiary/aromatic N) is 3. The smallest absolute Gasteiger partial charge is 0.232 e. The fourth-order valence-corrected chi connectivity index (χ4v) is 3.95. The maximum absolute atomic E-state index is 12.4. The molecule has 3 rings (SSSR count). The number of imidazole rings is 1. The van der Waals surface area contributed by atoms with Crippen molar-refractivity contribution in [3.63, 3.8) is 0 Å². The highest BCUT2D eigenvalue weighted by molar-refractivity contribution is 7.99. The predicted molar refractivity (Wildman–Crippen MR) is 94.8 cm³/mol. The maximum Gasteiger partial charge on any atom is 0.232 e. The zero-order chi connectivity index (χ0) is 16.2. The van der Waals surface area contributed by atoms with E-state index in [1.165, 1.54) is 5.56 Å². The van der Waals surface area contributed by atoms with Crippen LogP contribution < -0.4 is 5.32 Å². The second kappa shape index (κ2) is 7.36. The van der Waals surface area contributed by atoms with Crippen molar-refractivity contribution in [3.8, 4) is 0 Å². The van der Waals surface area contributed by atoms with E-state index in [0.717, 1.165) is 43.0 Å². The molecule has 0 bridgehead atoms. The van der Waals surface area contributed by atoms with E-state index in [4.69, 9.17) is 0 Å². The van der Waals surface area contributed by atoms with Crippen molar-refractivity contribution in [3.05, 3.63) is 35.8 Å². The molecule has 1 amide bonds. The highest BCUT2D eigenvalue weighted by atomic mass is 32.2. The molecule has 2 aromatic rings. The first-order valence-corrected chi connectivity index (χ1v) is 9.29. The number of hydrogen-bond acceptors (Lipinski definition) is 4. The average Bonchev–Trinajstić information content (AvgIpc) is 3.13. The largest absolute Gasteiger partial charge is 0.338 e. The first-order chi connectivity index (χ1) is 11.2. The summed E-state index contributed by atoms with van der Waals surface area (Å²) >= 11 is 1.65. The van der Waals surface area contributed by atoms with Crippen LogP contribution in [0.2, 0.25) is 0 Å². The standard InChI is InChI=1S/C17H24N4OS/c1-13-5-6-16-19-14(10-20(16)9-13)11-23-12-17(22)21-7-3-4-15(21)8-18-2/h5-6,9-10,15,18H,3-4,7-8,11-12H2,1-2H3. The quantitative estimate of drug-likeness (QED) is 0.880. The Bertz CT molecular complexity index is 684. The second-order valence-corrected chi connectivity index (χ2v) is 7.12. The zero-order valence-corrected chi connectivity index (χ0v) is 14.6. The topological polar surface area (TPSA) is 49.6 Å². The number of aryl methyl sites for hydroxylation is 1. The first-order valence-electron chi connectivity index (χ1n) is 8.13. The number of rotatable bonds is 6. The van der Waals surface area contributed by atoms with Gasteiger partial charge in [0.2, 0.25) is 5.91 Å². The number of thioether (sulfide) groups is 1. The lowest BCUT2D eigenvalue weighted by molar-refractivity contribution is -0.129. The summed E-state index contributed by atoms with van der Waals surface area (Å²) in [6.45, 7) is 3.87. The number of hydrogen-bond donors (Lipinski definition) is 1. The fraction of sp³-hybridized carbons (Fsp3) is 0.529. The molecule has 1 fully saturated rings. The summed E-state index contributed by atoms with van der Waals surface area (Å²) in [5.41, 5.74) is 3.21. The molecule has 1 saturated heterocycles. The Morgan fingerprint density at radius 1 is 1.43 bits per heavy atom. The monoisotopic (exact) mass is 332 g/mol. The van der Waals surface area contributed by atoms with Gasteiger partial charge < -0.3 is 14.6 Å². The summed E-state index contributed by atoms with van der Waals surface area (Å²) in [6.07, 6.45) is 6.37. The molecule has 2 aromatic heterocycles. The zero-order valence-electron chi connectivity index (χ0n) is 13.8. The average molecular weight is 332 g/mol. The van der Waals surface area contributed by atoms with Crippen molar-refractivity contribution in [2.45, 2.75) is 31.6 Å². The van der Waals surface area contributed by atoms with Crippen LogP contribution in [0.4, 0.5) is 0 Å². The van der Waals surface area contributed by atoms with Crippen LogP contribution in [0.1, 0.15) is 24.1 Å². The third-order valence-electron chi connectivity index (χ3n) is 4.26. The third-order valence-corrected chi connectivity index (χ3v) is 5.21. The molecular formula is C17H24N4OS. The molecule has 6 heteroatoms. The number of carbonyl (C=O) groups excluding carboxylic acids is 1. The minimum atomic E-state index is 0.257. The van der Waals surface area contributed by atoms with Crippen molar-refractivity contribution in [2.75, 3.05) is 25.9 Å². The van der Waals surface area contributed by atoms with Crippen molar-refractivity contribution in [1.82, 2.24) is 19.6 Å². The van der Waals surface area contributed by atoms with Gasteiger partial charge in [0.1, 0.15) is 5.65 Å². The van der Waals surface area contributed by atoms with E-state index in [0.29, 0.717) is 11.8 Å². The van der Waals surface area contributed by atoms with Gasteiger partial charge >= 0.3 is 0 Å². The third kappa shape index (κ3) is 3.87. The Labute approximate surface area is 141 Å². The molecule has 1 unspecified atom stereocenters. The number of fused-ring (bicyclic) bond motifs is 1. The van der Waals surface area contributed by atoms with Gasteiger partial charge in [-0.1, -0.05) is 6.07 Å². The Hall–Kier alpha value is -1.53. The molecule has 0 radical (unpaired) electrons. The molecule has 23 heavy (non-hydrogen) atoms. The molecule has 124 valence electrons. The number of carbonyl (C=O) groups is 1. The molecule has 1 N–H and O–H groups in total. The normalized spacial score (nSPS) is 18.0. The lowest BCUT2D eigenvalue weighted by Crippen LogP contribution is -2.41. The maximum atomic E-state index is 12.4. The lowest BCUT2D eigenvalue weighted by Gasteiger charge is -2.24. The molecule has 0 saturated carbocycles. The number of nitrogens with one attached hydrogen (secondary N) is 1. The Kier molecular flexibility index (Phi) is 5.23. The van der Waals surface area contributed by atoms with Gasteiger partial charge in [0.15, 0.2) is 0 Å². The van der Waals surface area contributed by atoms with Gasteiger partial charge in [0.25, 0.3) is 0 Å². The van der Waals surface area contributed by atoms with E-state index < -0.39 is 0 Å². The molecule has 5 nitrogen and oxygen atoms in total. The number of aromatic nitrogens is 2. The van der Waals surface area contributed by atoms with Crippen molar-refractivity contribution >= 4 is 23.3 Å². The summed E-state index contributed by atoms with van der Waals surface area (Å²) < 4.78 is 2.05. The van der Waals surface area contributed by atoms with Gasteiger partial charge in [-0.25, -0.2) is 4.98 Å². The Morgan fingerprint density at radius 2 is 2.30 bits per heavy atom. The van der Waals surface area contributed by atoms with E-state index in [1.807, 2.05) is 18.0 Å². The fourth-order valence-electron chi connectivity index (χ4n) is 3.16. The van der Waals surface area contributed by atoms with Gasteiger partial charge in [-0.2, -0.15) is 0 Å². The van der Waals surface area contributed by atoms with Gasteiger partial charge in [-0.15, -0.1) is 11.8 Å². The van der Waals surface area contributed by atoms with E-state index in [9.17, 15) is 4.79 Å². The van der Waals surface area contributed by atoms with Crippen LogP contribution in [0, 0.1) is 6.92 Å². The summed E-state index contributed by atoms with van der Waals surface area (Å²) in [5.74, 6) is 1.57. The lowest BCUT2D eigenvalue weighted by atomic mass is 10.2. The molecule has 0 aliphatic carbocycles. The van der Waals surface area contributed by atoms with E-state index in [2.05, 4.69) is 40.1 Å². The second-order valence-electron chi connectivity index (χ2n) is 6.14. The van der Waals surface area contributed by atoms with Crippen LogP contribution in [0.3, 0.4) is 0 Å². The molecule has 1 aliphatic heterocycles. The van der Waals surface area contributed by atoms with Crippen molar-refractivity contribution in [2.24, 2.45) is 0 Å².